The first kappa shape index (κ1) is 13.9. The highest BCUT2D eigenvalue weighted by molar-refractivity contribution is 5.82. The average Bonchev–Trinajstić information content (AvgIpc) is 2.40. The van der Waals surface area contributed by atoms with Crippen molar-refractivity contribution in [3.05, 3.63) is 5.21 Å². The molecule has 1 aliphatic heterocycles. The average molecular weight is 257 g/mol. The van der Waals surface area contributed by atoms with Crippen molar-refractivity contribution < 1.29 is 20.1 Å². The molecule has 2 aliphatic rings. The van der Waals surface area contributed by atoms with Crippen LogP contribution < -0.4 is 10.1 Å². The number of carbonyl (C=O) groups excluding carboxylic acids is 1. The van der Waals surface area contributed by atoms with Gasteiger partial charge in [-0.1, -0.05) is 6.42 Å². The number of ketones is 1. The predicted molar refractivity (Wildman–Crippen MR) is 66.3 cm³/mol. The standard InChI is InChI=1S/C13H24N2O3/c16-13(10-14-8-4-1-5-9-14)11-6-2-3-7-12(11)15(17)18/h11-12,15,17H,1-10H2/p+1. The van der Waals surface area contributed by atoms with Gasteiger partial charge in [0.15, 0.2) is 5.78 Å². The molecule has 3 atom stereocenters. The van der Waals surface area contributed by atoms with Crippen molar-refractivity contribution >= 4 is 5.78 Å². The predicted octanol–water partition coefficient (Wildman–Crippen LogP) is -1.04. The molecule has 0 aromatic heterocycles. The van der Waals surface area contributed by atoms with Gasteiger partial charge >= 0.3 is 0 Å². The van der Waals surface area contributed by atoms with Crippen LogP contribution in [0.2, 0.25) is 0 Å². The van der Waals surface area contributed by atoms with Crippen LogP contribution in [0.25, 0.3) is 0 Å². The molecule has 2 rings (SSSR count). The van der Waals surface area contributed by atoms with Crippen molar-refractivity contribution in [2.24, 2.45) is 5.92 Å². The van der Waals surface area contributed by atoms with E-state index < -0.39 is 11.3 Å². The minimum absolute atomic E-state index is 0.194. The number of carbonyl (C=O) groups is 1. The number of likely N-dealkylation sites (tertiary alicyclic amines) is 1. The van der Waals surface area contributed by atoms with Crippen molar-refractivity contribution in [1.82, 2.24) is 0 Å². The first-order valence-electron chi connectivity index (χ1n) is 7.27. The lowest BCUT2D eigenvalue weighted by molar-refractivity contribution is -1.07. The Labute approximate surface area is 108 Å². The summed E-state index contributed by atoms with van der Waals surface area (Å²) in [6.07, 6.45) is 7.11. The Hall–Kier alpha value is -0.490. The molecule has 1 aliphatic carbocycles. The van der Waals surface area contributed by atoms with Gasteiger partial charge in [0.1, 0.15) is 12.6 Å². The number of Topliss-reactive ketones (excluding diaryl/α,β-unsaturated/α-hetero) is 1. The van der Waals surface area contributed by atoms with Crippen molar-refractivity contribution in [2.75, 3.05) is 19.6 Å². The number of hydrogen-bond acceptors (Lipinski definition) is 3. The van der Waals surface area contributed by atoms with Crippen LogP contribution in [0.15, 0.2) is 0 Å². The zero-order chi connectivity index (χ0) is 13.0. The minimum atomic E-state index is -0.776. The van der Waals surface area contributed by atoms with Gasteiger partial charge in [0, 0.05) is 6.42 Å². The molecule has 1 saturated carbocycles. The molecule has 1 heterocycles. The number of hydrogen-bond donors (Lipinski definition) is 3. The third-order valence-electron chi connectivity index (χ3n) is 4.48. The zero-order valence-corrected chi connectivity index (χ0v) is 11.0. The van der Waals surface area contributed by atoms with Gasteiger partial charge in [-0.05, 0) is 32.1 Å². The number of rotatable bonds is 4. The Morgan fingerprint density at radius 3 is 2.50 bits per heavy atom. The fourth-order valence-electron chi connectivity index (χ4n) is 3.42. The Morgan fingerprint density at radius 2 is 1.83 bits per heavy atom. The smallest absolute Gasteiger partial charge is 0.195 e. The molecule has 104 valence electrons. The molecule has 5 nitrogen and oxygen atoms in total. The van der Waals surface area contributed by atoms with Crippen molar-refractivity contribution in [3.63, 3.8) is 0 Å². The second kappa shape index (κ2) is 6.61. The quantitative estimate of drug-likeness (QED) is 0.563. The van der Waals surface area contributed by atoms with Gasteiger partial charge in [-0.15, -0.1) is 0 Å². The largest absolute Gasteiger partial charge is 0.600 e. The fourth-order valence-corrected chi connectivity index (χ4v) is 3.42. The summed E-state index contributed by atoms with van der Waals surface area (Å²) in [5, 5.41) is 19.6. The SMILES string of the molecule is O=C(C[NH+]1CCCCC1)C1CCCCC1[NH+]([O-])O. The molecular formula is C13H25N2O3+. The van der Waals surface area contributed by atoms with Gasteiger partial charge in [0.25, 0.3) is 0 Å². The molecule has 2 fully saturated rings. The molecule has 0 aromatic rings. The van der Waals surface area contributed by atoms with Gasteiger partial charge in [-0.25, -0.2) is 10.4 Å². The maximum Gasteiger partial charge on any atom is 0.195 e. The van der Waals surface area contributed by atoms with Crippen LogP contribution in [0.3, 0.4) is 0 Å². The first-order valence-corrected chi connectivity index (χ1v) is 7.27. The van der Waals surface area contributed by atoms with Crippen LogP contribution in [0.1, 0.15) is 44.9 Å². The van der Waals surface area contributed by atoms with Gasteiger partial charge < -0.3 is 10.1 Å². The zero-order valence-electron chi connectivity index (χ0n) is 11.0. The highest BCUT2D eigenvalue weighted by Gasteiger charge is 2.37. The molecule has 1 saturated heterocycles. The molecule has 0 spiro atoms. The minimum Gasteiger partial charge on any atom is -0.600 e. The van der Waals surface area contributed by atoms with Gasteiger partial charge in [0.05, 0.1) is 19.0 Å². The van der Waals surface area contributed by atoms with E-state index in [9.17, 15) is 15.2 Å². The van der Waals surface area contributed by atoms with Crippen molar-refractivity contribution in [3.8, 4) is 0 Å². The second-order valence-electron chi connectivity index (χ2n) is 5.79. The summed E-state index contributed by atoms with van der Waals surface area (Å²) in [4.78, 5) is 13.7. The maximum absolute atomic E-state index is 12.3. The number of hydroxylamine groups is 2. The van der Waals surface area contributed by atoms with Crippen LogP contribution in [0.5, 0.6) is 0 Å². The van der Waals surface area contributed by atoms with Gasteiger partial charge in [-0.3, -0.25) is 4.79 Å². The summed E-state index contributed by atoms with van der Waals surface area (Å²) in [7, 11) is 0. The van der Waals surface area contributed by atoms with Crippen LogP contribution in [-0.4, -0.2) is 36.7 Å². The van der Waals surface area contributed by atoms with E-state index in [1.807, 2.05) is 0 Å². The summed E-state index contributed by atoms with van der Waals surface area (Å²) in [5.41, 5.74) is 0. The van der Waals surface area contributed by atoms with Crippen LogP contribution in [-0.2, 0) is 4.79 Å². The third kappa shape index (κ3) is 3.51. The molecule has 3 unspecified atom stereocenters. The molecular weight excluding hydrogens is 232 g/mol. The fraction of sp³-hybridized carbons (Fsp3) is 0.923. The molecule has 0 radical (unpaired) electrons. The number of quaternary nitrogens is 2. The number of piperidine rings is 1. The van der Waals surface area contributed by atoms with Crippen LogP contribution in [0.4, 0.5) is 0 Å². The summed E-state index contributed by atoms with van der Waals surface area (Å²) in [5.74, 6) is -0.0234. The van der Waals surface area contributed by atoms with Crippen molar-refractivity contribution in [1.29, 1.82) is 0 Å². The van der Waals surface area contributed by atoms with E-state index >= 15 is 0 Å². The van der Waals surface area contributed by atoms with E-state index in [2.05, 4.69) is 0 Å². The molecule has 18 heavy (non-hydrogen) atoms. The lowest BCUT2D eigenvalue weighted by Gasteiger charge is -2.34. The van der Waals surface area contributed by atoms with E-state index in [0.29, 0.717) is 13.0 Å². The summed E-state index contributed by atoms with van der Waals surface area (Å²) in [6.45, 7) is 2.71. The van der Waals surface area contributed by atoms with Crippen LogP contribution >= 0.6 is 0 Å². The topological polar surface area (TPSA) is 69.2 Å². The van der Waals surface area contributed by atoms with E-state index in [-0.39, 0.29) is 11.7 Å². The number of nitrogens with one attached hydrogen (secondary N) is 2. The summed E-state index contributed by atoms with van der Waals surface area (Å²) < 4.78 is 0. The Bertz CT molecular complexity index is 277. The Morgan fingerprint density at radius 1 is 1.17 bits per heavy atom. The van der Waals surface area contributed by atoms with Crippen molar-refractivity contribution in [2.45, 2.75) is 51.0 Å². The highest BCUT2D eigenvalue weighted by Crippen LogP contribution is 2.23. The molecule has 0 amide bonds. The molecule has 3 N–H and O–H groups in total. The Balaban J connectivity index is 1.89. The summed E-state index contributed by atoms with van der Waals surface area (Å²) in [6, 6.07) is -0.421. The molecule has 0 bridgehead atoms. The highest BCUT2D eigenvalue weighted by atomic mass is 16.8. The normalized spacial score (nSPS) is 32.1. The second-order valence-corrected chi connectivity index (χ2v) is 5.79. The van der Waals surface area contributed by atoms with E-state index in [1.165, 1.54) is 24.2 Å². The molecule has 0 aromatic carbocycles. The lowest BCUT2D eigenvalue weighted by atomic mass is 9.81. The van der Waals surface area contributed by atoms with Crippen LogP contribution in [0, 0.1) is 11.1 Å². The third-order valence-corrected chi connectivity index (χ3v) is 4.48. The van der Waals surface area contributed by atoms with E-state index in [4.69, 9.17) is 0 Å². The van der Waals surface area contributed by atoms with Gasteiger partial charge in [-0.2, -0.15) is 0 Å². The lowest BCUT2D eigenvalue weighted by Crippen LogP contribution is -3.14. The monoisotopic (exact) mass is 257 g/mol. The maximum atomic E-state index is 12.3. The summed E-state index contributed by atoms with van der Waals surface area (Å²) >= 11 is 0. The van der Waals surface area contributed by atoms with E-state index in [1.54, 1.807) is 0 Å². The van der Waals surface area contributed by atoms with E-state index in [0.717, 1.165) is 32.4 Å². The molecule has 5 heteroatoms. The Kier molecular flexibility index (Phi) is 5.12. The first-order chi connectivity index (χ1) is 8.68. The van der Waals surface area contributed by atoms with Gasteiger partial charge in [0.2, 0.25) is 0 Å².